The summed E-state index contributed by atoms with van der Waals surface area (Å²) in [6.45, 7) is 0.100. The van der Waals surface area contributed by atoms with Crippen LogP contribution < -0.4 is 5.32 Å². The normalized spacial score (nSPS) is 13.0. The van der Waals surface area contributed by atoms with Crippen LogP contribution in [-0.4, -0.2) is 11.7 Å². The maximum Gasteiger partial charge on any atom is 0.417 e. The van der Waals surface area contributed by atoms with Crippen LogP contribution in [0.25, 0.3) is 0 Å². The molecule has 2 N–H and O–H groups in total. The van der Waals surface area contributed by atoms with Gasteiger partial charge in [-0.3, -0.25) is 0 Å². The van der Waals surface area contributed by atoms with Gasteiger partial charge in [-0.1, -0.05) is 41.9 Å². The molecule has 0 saturated carbocycles. The highest BCUT2D eigenvalue weighted by Gasteiger charge is 2.33. The van der Waals surface area contributed by atoms with Crippen molar-refractivity contribution in [2.45, 2.75) is 12.3 Å². The Morgan fingerprint density at radius 1 is 1.10 bits per heavy atom. The van der Waals surface area contributed by atoms with Crippen molar-refractivity contribution in [2.75, 3.05) is 11.9 Å². The quantitative estimate of drug-likeness (QED) is 0.870. The van der Waals surface area contributed by atoms with Crippen LogP contribution in [0.15, 0.2) is 48.5 Å². The highest BCUT2D eigenvalue weighted by Crippen LogP contribution is 2.36. The minimum Gasteiger partial charge on any atom is -0.387 e. The monoisotopic (exact) mass is 315 g/mol. The van der Waals surface area contributed by atoms with E-state index >= 15 is 0 Å². The molecule has 1 unspecified atom stereocenters. The molecule has 0 aliphatic rings. The molecule has 0 heterocycles. The van der Waals surface area contributed by atoms with Gasteiger partial charge in [0, 0.05) is 12.2 Å². The van der Waals surface area contributed by atoms with Gasteiger partial charge in [-0.25, -0.2) is 0 Å². The Balaban J connectivity index is 2.07. The summed E-state index contributed by atoms with van der Waals surface area (Å²) in [7, 11) is 0. The number of anilines is 1. The van der Waals surface area contributed by atoms with Crippen molar-refractivity contribution in [3.05, 3.63) is 64.7 Å². The predicted octanol–water partition coefficient (Wildman–Crippen LogP) is 4.50. The van der Waals surface area contributed by atoms with Crippen molar-refractivity contribution in [2.24, 2.45) is 0 Å². The lowest BCUT2D eigenvalue weighted by molar-refractivity contribution is -0.137. The zero-order valence-electron chi connectivity index (χ0n) is 10.9. The van der Waals surface area contributed by atoms with Crippen LogP contribution in [0.4, 0.5) is 18.9 Å². The number of benzene rings is 2. The predicted molar refractivity (Wildman–Crippen MR) is 76.3 cm³/mol. The van der Waals surface area contributed by atoms with E-state index in [1.165, 1.54) is 12.1 Å². The summed E-state index contributed by atoms with van der Waals surface area (Å²) in [5.41, 5.74) is 0.0417. The second kappa shape index (κ2) is 6.37. The van der Waals surface area contributed by atoms with Gasteiger partial charge in [0.15, 0.2) is 0 Å². The Morgan fingerprint density at radius 2 is 1.76 bits per heavy atom. The molecule has 0 radical (unpaired) electrons. The van der Waals surface area contributed by atoms with Gasteiger partial charge in [0.05, 0.1) is 16.7 Å². The van der Waals surface area contributed by atoms with Gasteiger partial charge < -0.3 is 10.4 Å². The molecule has 2 rings (SSSR count). The van der Waals surface area contributed by atoms with Gasteiger partial charge in [0.25, 0.3) is 0 Å². The Hall–Kier alpha value is -1.72. The van der Waals surface area contributed by atoms with Crippen molar-refractivity contribution >= 4 is 17.3 Å². The molecule has 0 aliphatic heterocycles. The lowest BCUT2D eigenvalue weighted by Crippen LogP contribution is -2.13. The molecule has 6 heteroatoms. The molecular weight excluding hydrogens is 303 g/mol. The van der Waals surface area contributed by atoms with E-state index in [4.69, 9.17) is 11.6 Å². The molecule has 0 spiro atoms. The van der Waals surface area contributed by atoms with Crippen molar-refractivity contribution in [3.8, 4) is 0 Å². The molecule has 2 aromatic carbocycles. The van der Waals surface area contributed by atoms with Crippen LogP contribution in [0, 0.1) is 0 Å². The van der Waals surface area contributed by atoms with Crippen LogP contribution in [0.1, 0.15) is 17.2 Å². The van der Waals surface area contributed by atoms with Gasteiger partial charge >= 0.3 is 6.18 Å². The zero-order chi connectivity index (χ0) is 15.5. The summed E-state index contributed by atoms with van der Waals surface area (Å²) < 4.78 is 38.2. The maximum atomic E-state index is 12.7. The Morgan fingerprint density at radius 3 is 2.38 bits per heavy atom. The molecule has 1 atom stereocenters. The lowest BCUT2D eigenvalue weighted by Gasteiger charge is -2.15. The van der Waals surface area contributed by atoms with Gasteiger partial charge in [0.2, 0.25) is 0 Å². The summed E-state index contributed by atoms with van der Waals surface area (Å²) in [5, 5.41) is 12.4. The molecule has 2 aromatic rings. The number of hydrogen-bond acceptors (Lipinski definition) is 2. The zero-order valence-corrected chi connectivity index (χ0v) is 11.6. The first kappa shape index (κ1) is 15.7. The number of nitrogens with one attached hydrogen (secondary N) is 1. The van der Waals surface area contributed by atoms with E-state index < -0.39 is 17.8 Å². The minimum absolute atomic E-state index is 0.100. The molecule has 0 bridgehead atoms. The number of aliphatic hydroxyl groups is 1. The summed E-state index contributed by atoms with van der Waals surface area (Å²) in [6.07, 6.45) is -5.32. The van der Waals surface area contributed by atoms with Gasteiger partial charge in [-0.15, -0.1) is 0 Å². The van der Waals surface area contributed by atoms with Crippen molar-refractivity contribution in [3.63, 3.8) is 0 Å². The molecule has 0 saturated heterocycles. The fourth-order valence-corrected chi connectivity index (χ4v) is 2.08. The fourth-order valence-electron chi connectivity index (χ4n) is 1.86. The van der Waals surface area contributed by atoms with Gasteiger partial charge in [-0.05, 0) is 23.8 Å². The summed E-state index contributed by atoms with van der Waals surface area (Å²) in [5.74, 6) is 0. The number of halogens is 4. The Labute approximate surface area is 125 Å². The Bertz CT molecular complexity index is 602. The molecule has 0 aromatic heterocycles. The average molecular weight is 316 g/mol. The fraction of sp³-hybridized carbons (Fsp3) is 0.200. The van der Waals surface area contributed by atoms with E-state index in [-0.39, 0.29) is 17.3 Å². The van der Waals surface area contributed by atoms with Crippen LogP contribution in [-0.2, 0) is 6.18 Å². The number of hydrogen-bond donors (Lipinski definition) is 2. The molecule has 0 fully saturated rings. The van der Waals surface area contributed by atoms with Crippen LogP contribution in [0.3, 0.4) is 0 Å². The van der Waals surface area contributed by atoms with E-state index in [0.717, 1.165) is 6.07 Å². The third-order valence-corrected chi connectivity index (χ3v) is 3.29. The van der Waals surface area contributed by atoms with Gasteiger partial charge in [0.1, 0.15) is 0 Å². The molecule has 0 aliphatic carbocycles. The van der Waals surface area contributed by atoms with Crippen LogP contribution >= 0.6 is 11.6 Å². The molecule has 21 heavy (non-hydrogen) atoms. The Kier molecular flexibility index (Phi) is 4.75. The first-order valence-corrected chi connectivity index (χ1v) is 6.59. The second-order valence-corrected chi connectivity index (χ2v) is 4.91. The van der Waals surface area contributed by atoms with Gasteiger partial charge in [-0.2, -0.15) is 13.2 Å². The maximum absolute atomic E-state index is 12.7. The minimum atomic E-state index is -4.51. The highest BCUT2D eigenvalue weighted by molar-refractivity contribution is 6.31. The SMILES string of the molecule is OC(CNc1ccc(Cl)c(C(F)(F)F)c1)c1ccccc1. The second-order valence-electron chi connectivity index (χ2n) is 4.50. The summed E-state index contributed by atoms with van der Waals surface area (Å²) >= 11 is 5.54. The van der Waals surface area contributed by atoms with E-state index in [1.807, 2.05) is 6.07 Å². The van der Waals surface area contributed by atoms with Crippen LogP contribution in [0.5, 0.6) is 0 Å². The lowest BCUT2D eigenvalue weighted by atomic mass is 10.1. The third-order valence-electron chi connectivity index (χ3n) is 2.96. The molecule has 112 valence electrons. The first-order valence-electron chi connectivity index (χ1n) is 6.21. The number of rotatable bonds is 4. The van der Waals surface area contributed by atoms with Crippen molar-refractivity contribution in [1.82, 2.24) is 0 Å². The standard InChI is InChI=1S/C15H13ClF3NO/c16-13-7-6-11(8-12(13)15(17,18)19)20-9-14(21)10-4-2-1-3-5-10/h1-8,14,20-21H,9H2. The molecule has 2 nitrogen and oxygen atoms in total. The summed E-state index contributed by atoms with van der Waals surface area (Å²) in [6, 6.07) is 12.4. The van der Waals surface area contributed by atoms with E-state index in [2.05, 4.69) is 5.32 Å². The number of alkyl halides is 3. The van der Waals surface area contributed by atoms with Crippen molar-refractivity contribution < 1.29 is 18.3 Å². The average Bonchev–Trinajstić information content (AvgIpc) is 2.45. The van der Waals surface area contributed by atoms with Crippen LogP contribution in [0.2, 0.25) is 5.02 Å². The highest BCUT2D eigenvalue weighted by atomic mass is 35.5. The third kappa shape index (κ3) is 4.12. The largest absolute Gasteiger partial charge is 0.417 e. The topological polar surface area (TPSA) is 32.3 Å². The molecule has 0 amide bonds. The van der Waals surface area contributed by atoms with Crippen molar-refractivity contribution in [1.29, 1.82) is 0 Å². The first-order chi connectivity index (χ1) is 9.88. The van der Waals surface area contributed by atoms with E-state index in [9.17, 15) is 18.3 Å². The smallest absolute Gasteiger partial charge is 0.387 e. The van der Waals surface area contributed by atoms with E-state index in [1.54, 1.807) is 24.3 Å². The number of aliphatic hydroxyl groups excluding tert-OH is 1. The summed E-state index contributed by atoms with van der Waals surface area (Å²) in [4.78, 5) is 0. The van der Waals surface area contributed by atoms with E-state index in [0.29, 0.717) is 5.56 Å². The molecular formula is C15H13ClF3NO.